The quantitative estimate of drug-likeness (QED) is 0.233. The van der Waals surface area contributed by atoms with Crippen LogP contribution in [0.4, 0.5) is 29.0 Å². The molecule has 0 spiro atoms. The number of likely N-dealkylation sites (N-methyl/N-ethyl adjacent to an activating group) is 2. The fourth-order valence-corrected chi connectivity index (χ4v) is 5.70. The van der Waals surface area contributed by atoms with Crippen molar-refractivity contribution in [2.75, 3.05) is 77.3 Å². The Morgan fingerprint density at radius 3 is 2.35 bits per heavy atom. The number of nitrogens with one attached hydrogen (secondary N) is 2. The molecule has 4 aromatic rings. The number of hydrogen-bond donors (Lipinski definition) is 2. The number of benzene rings is 1. The van der Waals surface area contributed by atoms with E-state index in [0.717, 1.165) is 47.5 Å². The molecule has 0 atom stereocenters. The molecule has 3 aromatic heterocycles. The van der Waals surface area contributed by atoms with E-state index in [2.05, 4.69) is 83.9 Å². The summed E-state index contributed by atoms with van der Waals surface area (Å²) in [6.07, 6.45) is 4.33. The monoisotopic (exact) mass is 562 g/mol. The van der Waals surface area contributed by atoms with Crippen LogP contribution in [0, 0.1) is 0 Å². The Bertz CT molecular complexity index is 1460. The third-order valence-electron chi connectivity index (χ3n) is 6.53. The van der Waals surface area contributed by atoms with E-state index in [1.165, 1.54) is 5.30 Å². The van der Waals surface area contributed by atoms with E-state index < -0.39 is 7.92 Å². The molecular formula is C29H39N8O2P. The molecule has 1 aromatic carbocycles. The summed E-state index contributed by atoms with van der Waals surface area (Å²) in [5.74, 6) is 2.83. The molecule has 0 aliphatic rings. The van der Waals surface area contributed by atoms with E-state index in [4.69, 9.17) is 19.4 Å². The second kappa shape index (κ2) is 13.1. The fourth-order valence-electron chi connectivity index (χ4n) is 4.44. The minimum absolute atomic E-state index is 0.393. The van der Waals surface area contributed by atoms with Crippen molar-refractivity contribution in [2.24, 2.45) is 0 Å². The lowest BCUT2D eigenvalue weighted by Gasteiger charge is -2.24. The molecule has 2 N–H and O–H groups in total. The van der Waals surface area contributed by atoms with Crippen molar-refractivity contribution in [3.05, 3.63) is 48.3 Å². The van der Waals surface area contributed by atoms with Crippen LogP contribution in [0.5, 0.6) is 11.6 Å². The summed E-state index contributed by atoms with van der Waals surface area (Å²) < 4.78 is 11.3. The van der Waals surface area contributed by atoms with Gasteiger partial charge in [0.2, 0.25) is 11.8 Å². The second-order valence-electron chi connectivity index (χ2n) is 9.90. The first-order chi connectivity index (χ1) is 19.2. The number of methoxy groups -OCH3 is 2. The summed E-state index contributed by atoms with van der Waals surface area (Å²) in [5, 5.41) is 9.14. The lowest BCUT2D eigenvalue weighted by molar-refractivity contribution is 0.398. The van der Waals surface area contributed by atoms with Crippen molar-refractivity contribution in [3.8, 4) is 11.6 Å². The van der Waals surface area contributed by atoms with E-state index >= 15 is 0 Å². The van der Waals surface area contributed by atoms with Crippen molar-refractivity contribution in [1.82, 2.24) is 24.8 Å². The van der Waals surface area contributed by atoms with E-state index in [1.54, 1.807) is 20.4 Å². The molecule has 0 radical (unpaired) electrons. The maximum Gasteiger partial charge on any atom is 0.239 e. The van der Waals surface area contributed by atoms with Gasteiger partial charge >= 0.3 is 0 Å². The lowest BCUT2D eigenvalue weighted by atomic mass is 10.1. The number of anilines is 5. The number of aromatic nitrogens is 4. The van der Waals surface area contributed by atoms with Crippen LogP contribution in [-0.4, -0.2) is 86.6 Å². The van der Waals surface area contributed by atoms with Gasteiger partial charge < -0.3 is 29.9 Å². The van der Waals surface area contributed by atoms with Crippen molar-refractivity contribution in [2.45, 2.75) is 13.3 Å². The first kappa shape index (κ1) is 29.2. The zero-order valence-corrected chi connectivity index (χ0v) is 25.5. The lowest BCUT2D eigenvalue weighted by Crippen LogP contribution is -2.29. The number of pyridine rings is 2. The Labute approximate surface area is 237 Å². The number of aryl methyl sites for hydroxylation is 1. The average Bonchev–Trinajstić information content (AvgIpc) is 2.95. The number of nitrogens with zero attached hydrogens (tertiary/aromatic N) is 6. The largest absolute Gasteiger partial charge is 0.491 e. The fraction of sp³-hybridized carbons (Fsp3) is 0.379. The van der Waals surface area contributed by atoms with Gasteiger partial charge in [0.05, 0.1) is 37.8 Å². The Balaban J connectivity index is 1.68. The van der Waals surface area contributed by atoms with Crippen LogP contribution in [0.25, 0.3) is 10.9 Å². The van der Waals surface area contributed by atoms with Crippen LogP contribution < -0.4 is 30.3 Å². The number of rotatable bonds is 12. The van der Waals surface area contributed by atoms with E-state index in [1.807, 2.05) is 24.4 Å². The highest BCUT2D eigenvalue weighted by Gasteiger charge is 2.18. The van der Waals surface area contributed by atoms with Crippen molar-refractivity contribution in [3.63, 3.8) is 0 Å². The van der Waals surface area contributed by atoms with Crippen molar-refractivity contribution < 1.29 is 9.47 Å². The van der Waals surface area contributed by atoms with Gasteiger partial charge in [-0.25, -0.2) is 4.98 Å². The number of hydrogen-bond acceptors (Lipinski definition) is 10. The van der Waals surface area contributed by atoms with Gasteiger partial charge in [-0.05, 0) is 51.5 Å². The Morgan fingerprint density at radius 2 is 1.68 bits per heavy atom. The van der Waals surface area contributed by atoms with Crippen molar-refractivity contribution >= 4 is 53.1 Å². The number of ether oxygens (including phenoxy) is 2. The summed E-state index contributed by atoms with van der Waals surface area (Å²) >= 11 is 0. The third-order valence-corrected chi connectivity index (χ3v) is 7.91. The molecule has 0 fully saturated rings. The predicted molar refractivity (Wildman–Crippen MR) is 167 cm³/mol. The van der Waals surface area contributed by atoms with Crippen LogP contribution in [0.15, 0.2) is 42.7 Å². The molecule has 0 saturated carbocycles. The second-order valence-corrected chi connectivity index (χ2v) is 12.1. The zero-order chi connectivity index (χ0) is 28.8. The summed E-state index contributed by atoms with van der Waals surface area (Å²) in [7, 11) is 8.97. The molecule has 0 amide bonds. The Kier molecular flexibility index (Phi) is 9.55. The Morgan fingerprint density at radius 1 is 0.900 bits per heavy atom. The highest BCUT2D eigenvalue weighted by Crippen LogP contribution is 2.36. The third kappa shape index (κ3) is 6.51. The molecule has 0 aliphatic carbocycles. The van der Waals surface area contributed by atoms with E-state index in [-0.39, 0.29) is 0 Å². The normalized spacial score (nSPS) is 11.2. The molecule has 0 bridgehead atoms. The Hall–Kier alpha value is -3.75. The first-order valence-electron chi connectivity index (χ1n) is 13.2. The van der Waals surface area contributed by atoms with E-state index in [9.17, 15) is 0 Å². The highest BCUT2D eigenvalue weighted by molar-refractivity contribution is 7.65. The van der Waals surface area contributed by atoms with Gasteiger partial charge in [-0.3, -0.25) is 4.98 Å². The maximum absolute atomic E-state index is 5.67. The molecule has 10 nitrogen and oxygen atoms in total. The predicted octanol–water partition coefficient (Wildman–Crippen LogP) is 4.85. The molecule has 0 saturated heterocycles. The molecular weight excluding hydrogens is 523 g/mol. The average molecular weight is 563 g/mol. The highest BCUT2D eigenvalue weighted by atomic mass is 31.1. The first-order valence-corrected chi connectivity index (χ1v) is 15.4. The molecule has 3 heterocycles. The van der Waals surface area contributed by atoms with Crippen LogP contribution >= 0.6 is 7.92 Å². The SMILES string of the molecule is CCc1cc(Nc2ncc(OC)c(Nc3cnc4ccccc4c3P(C)C)n2)c(OC)nc1N(C)CCN(C)C. The maximum atomic E-state index is 5.67. The number of fused-ring (bicyclic) bond motifs is 1. The van der Waals surface area contributed by atoms with Crippen LogP contribution in [-0.2, 0) is 6.42 Å². The summed E-state index contributed by atoms with van der Waals surface area (Å²) in [6, 6.07) is 10.3. The van der Waals surface area contributed by atoms with Gasteiger partial charge in [-0.15, -0.1) is 0 Å². The molecule has 11 heteroatoms. The zero-order valence-electron chi connectivity index (χ0n) is 24.6. The van der Waals surface area contributed by atoms with Gasteiger partial charge in [-0.1, -0.05) is 33.0 Å². The smallest absolute Gasteiger partial charge is 0.239 e. The van der Waals surface area contributed by atoms with Gasteiger partial charge in [-0.2, -0.15) is 9.97 Å². The van der Waals surface area contributed by atoms with Crippen LogP contribution in [0.1, 0.15) is 12.5 Å². The standard InChI is InChI=1S/C29H39N8O2P/c1-9-19-16-22(28(39-6)35-27(19)37(4)15-14-36(2)3)33-29-31-18-24(38-5)26(34-29)32-23-17-30-21-13-11-10-12-20(21)25(23)40(7)8/h10-13,16-18H,9,14-15H2,1-8H3,(H2,31,32,33,34). The van der Waals surface area contributed by atoms with Gasteiger partial charge in [0, 0.05) is 30.8 Å². The van der Waals surface area contributed by atoms with Gasteiger partial charge in [0.15, 0.2) is 11.6 Å². The minimum Gasteiger partial charge on any atom is -0.491 e. The topological polar surface area (TPSA) is 101 Å². The molecule has 40 heavy (non-hydrogen) atoms. The van der Waals surface area contributed by atoms with Crippen LogP contribution in [0.3, 0.4) is 0 Å². The van der Waals surface area contributed by atoms with E-state index in [0.29, 0.717) is 29.1 Å². The van der Waals surface area contributed by atoms with Gasteiger partial charge in [0.25, 0.3) is 0 Å². The summed E-state index contributed by atoms with van der Waals surface area (Å²) in [5.41, 5.74) is 3.66. The minimum atomic E-state index is -0.435. The van der Waals surface area contributed by atoms with Crippen LogP contribution in [0.2, 0.25) is 0 Å². The van der Waals surface area contributed by atoms with Crippen molar-refractivity contribution in [1.29, 1.82) is 0 Å². The van der Waals surface area contributed by atoms with Gasteiger partial charge in [0.1, 0.15) is 11.5 Å². The summed E-state index contributed by atoms with van der Waals surface area (Å²) in [4.78, 5) is 23.1. The summed E-state index contributed by atoms with van der Waals surface area (Å²) in [6.45, 7) is 8.36. The molecule has 0 aliphatic heterocycles. The molecule has 0 unspecified atom stereocenters. The molecule has 4 rings (SSSR count). The number of para-hydroxylation sites is 1. The molecule has 212 valence electrons.